The molecule has 15 heavy (non-hydrogen) atoms. The first-order chi connectivity index (χ1) is 7.18. The maximum atomic E-state index is 11.3. The first-order valence-electron chi connectivity index (χ1n) is 4.51. The fraction of sp³-hybridized carbons (Fsp3) is 0.500. The molecule has 1 aromatic rings. The van der Waals surface area contributed by atoms with E-state index in [0.29, 0.717) is 29.9 Å². The van der Waals surface area contributed by atoms with Gasteiger partial charge in [-0.2, -0.15) is 0 Å². The zero-order chi connectivity index (χ0) is 10.8. The standard InChI is InChI=1S/C8H10BrN3O3/c9-5-6(4-3-15-2-1-10-4)11-8(14)12-7(5)13/h4,10H,1-3H2,(H2,11,12,13,14). The van der Waals surface area contributed by atoms with Crippen molar-refractivity contribution in [2.45, 2.75) is 6.04 Å². The number of aromatic nitrogens is 2. The van der Waals surface area contributed by atoms with Gasteiger partial charge < -0.3 is 15.0 Å². The van der Waals surface area contributed by atoms with Crippen LogP contribution in [0.5, 0.6) is 0 Å². The number of ether oxygens (including phenoxy) is 1. The highest BCUT2D eigenvalue weighted by Crippen LogP contribution is 2.17. The molecule has 6 nitrogen and oxygen atoms in total. The van der Waals surface area contributed by atoms with Crippen LogP contribution in [-0.2, 0) is 4.74 Å². The number of rotatable bonds is 1. The highest BCUT2D eigenvalue weighted by Gasteiger charge is 2.20. The Morgan fingerprint density at radius 1 is 1.33 bits per heavy atom. The molecule has 1 aromatic heterocycles. The third-order valence-corrected chi connectivity index (χ3v) is 2.97. The molecule has 2 heterocycles. The molecular weight excluding hydrogens is 266 g/mol. The maximum Gasteiger partial charge on any atom is 0.326 e. The zero-order valence-electron chi connectivity index (χ0n) is 7.80. The summed E-state index contributed by atoms with van der Waals surface area (Å²) in [4.78, 5) is 27.1. The summed E-state index contributed by atoms with van der Waals surface area (Å²) in [7, 11) is 0. The monoisotopic (exact) mass is 275 g/mol. The predicted molar refractivity (Wildman–Crippen MR) is 56.9 cm³/mol. The van der Waals surface area contributed by atoms with Crippen molar-refractivity contribution in [3.05, 3.63) is 31.0 Å². The molecule has 0 aliphatic carbocycles. The lowest BCUT2D eigenvalue weighted by atomic mass is 10.2. The Labute approximate surface area is 93.2 Å². The van der Waals surface area contributed by atoms with E-state index in [0.717, 1.165) is 0 Å². The molecule has 1 aliphatic heterocycles. The predicted octanol–water partition coefficient (Wildman–Crippen LogP) is -0.513. The van der Waals surface area contributed by atoms with Gasteiger partial charge in [0.05, 0.1) is 24.9 Å². The van der Waals surface area contributed by atoms with Gasteiger partial charge in [0.1, 0.15) is 4.47 Å². The SMILES string of the molecule is O=c1[nH]c(C2COCCN2)c(Br)c(=O)[nH]1. The molecule has 0 spiro atoms. The lowest BCUT2D eigenvalue weighted by Crippen LogP contribution is -2.38. The van der Waals surface area contributed by atoms with Crippen molar-refractivity contribution in [1.29, 1.82) is 0 Å². The van der Waals surface area contributed by atoms with Crippen LogP contribution in [0.15, 0.2) is 14.1 Å². The van der Waals surface area contributed by atoms with Crippen molar-refractivity contribution in [2.75, 3.05) is 19.8 Å². The van der Waals surface area contributed by atoms with Crippen LogP contribution in [0.1, 0.15) is 11.7 Å². The summed E-state index contributed by atoms with van der Waals surface area (Å²) in [6, 6.07) is -0.150. The summed E-state index contributed by atoms with van der Waals surface area (Å²) >= 11 is 3.14. The molecular formula is C8H10BrN3O3. The van der Waals surface area contributed by atoms with Gasteiger partial charge in [0.15, 0.2) is 0 Å². The summed E-state index contributed by atoms with van der Waals surface area (Å²) in [5.41, 5.74) is -0.407. The highest BCUT2D eigenvalue weighted by atomic mass is 79.9. The Morgan fingerprint density at radius 3 is 2.80 bits per heavy atom. The van der Waals surface area contributed by atoms with Crippen LogP contribution in [0, 0.1) is 0 Å². The van der Waals surface area contributed by atoms with Crippen LogP contribution in [0.2, 0.25) is 0 Å². The van der Waals surface area contributed by atoms with E-state index < -0.39 is 11.2 Å². The van der Waals surface area contributed by atoms with E-state index in [1.807, 2.05) is 0 Å². The minimum absolute atomic E-state index is 0.150. The average Bonchev–Trinajstić information content (AvgIpc) is 2.24. The molecule has 0 saturated carbocycles. The fourth-order valence-corrected chi connectivity index (χ4v) is 1.95. The van der Waals surface area contributed by atoms with Crippen LogP contribution in [-0.4, -0.2) is 29.7 Å². The molecule has 2 rings (SSSR count). The van der Waals surface area contributed by atoms with Gasteiger partial charge in [0.2, 0.25) is 0 Å². The molecule has 1 unspecified atom stereocenters. The largest absolute Gasteiger partial charge is 0.378 e. The molecule has 3 N–H and O–H groups in total. The minimum Gasteiger partial charge on any atom is -0.378 e. The van der Waals surface area contributed by atoms with E-state index in [1.54, 1.807) is 0 Å². The lowest BCUT2D eigenvalue weighted by molar-refractivity contribution is 0.0752. The number of halogens is 1. The number of aromatic amines is 2. The maximum absolute atomic E-state index is 11.3. The molecule has 7 heteroatoms. The quantitative estimate of drug-likeness (QED) is 0.644. The summed E-state index contributed by atoms with van der Waals surface area (Å²) in [5.74, 6) is 0. The second-order valence-corrected chi connectivity index (χ2v) is 4.01. The highest BCUT2D eigenvalue weighted by molar-refractivity contribution is 9.10. The van der Waals surface area contributed by atoms with E-state index in [-0.39, 0.29) is 6.04 Å². The second-order valence-electron chi connectivity index (χ2n) is 3.22. The van der Waals surface area contributed by atoms with E-state index in [4.69, 9.17) is 4.74 Å². The van der Waals surface area contributed by atoms with Crippen molar-refractivity contribution in [3.8, 4) is 0 Å². The van der Waals surface area contributed by atoms with Crippen LogP contribution >= 0.6 is 15.9 Å². The topological polar surface area (TPSA) is 87.0 Å². The summed E-state index contributed by atoms with van der Waals surface area (Å²) < 4.78 is 5.59. The van der Waals surface area contributed by atoms with Gasteiger partial charge in [-0.1, -0.05) is 0 Å². The smallest absolute Gasteiger partial charge is 0.326 e. The summed E-state index contributed by atoms with van der Waals surface area (Å²) in [5, 5.41) is 3.15. The second kappa shape index (κ2) is 4.30. The van der Waals surface area contributed by atoms with Gasteiger partial charge in [0, 0.05) is 6.54 Å². The van der Waals surface area contributed by atoms with Crippen LogP contribution in [0.25, 0.3) is 0 Å². The van der Waals surface area contributed by atoms with Gasteiger partial charge in [-0.25, -0.2) is 4.79 Å². The van der Waals surface area contributed by atoms with E-state index >= 15 is 0 Å². The van der Waals surface area contributed by atoms with Crippen molar-refractivity contribution in [1.82, 2.24) is 15.3 Å². The van der Waals surface area contributed by atoms with Crippen molar-refractivity contribution in [3.63, 3.8) is 0 Å². The third kappa shape index (κ3) is 2.19. The summed E-state index contributed by atoms with van der Waals surface area (Å²) in [6.45, 7) is 1.78. The van der Waals surface area contributed by atoms with Gasteiger partial charge in [-0.3, -0.25) is 9.78 Å². The number of H-pyrrole nitrogens is 2. The Balaban J connectivity index is 2.42. The third-order valence-electron chi connectivity index (χ3n) is 2.18. The van der Waals surface area contributed by atoms with Gasteiger partial charge >= 0.3 is 5.69 Å². The lowest BCUT2D eigenvalue weighted by Gasteiger charge is -2.24. The van der Waals surface area contributed by atoms with Gasteiger partial charge in [-0.15, -0.1) is 0 Å². The van der Waals surface area contributed by atoms with E-state index in [9.17, 15) is 9.59 Å². The van der Waals surface area contributed by atoms with Crippen LogP contribution < -0.4 is 16.6 Å². The van der Waals surface area contributed by atoms with Crippen molar-refractivity contribution >= 4 is 15.9 Å². The van der Waals surface area contributed by atoms with E-state index in [1.165, 1.54) is 0 Å². The first-order valence-corrected chi connectivity index (χ1v) is 5.31. The Kier molecular flexibility index (Phi) is 3.03. The minimum atomic E-state index is -0.509. The zero-order valence-corrected chi connectivity index (χ0v) is 9.39. The number of morpholine rings is 1. The molecule has 1 aliphatic rings. The van der Waals surface area contributed by atoms with Crippen LogP contribution in [0.4, 0.5) is 0 Å². The van der Waals surface area contributed by atoms with E-state index in [2.05, 4.69) is 31.2 Å². The molecule has 0 bridgehead atoms. The molecule has 0 aromatic carbocycles. The molecule has 1 saturated heterocycles. The summed E-state index contributed by atoms with van der Waals surface area (Å²) in [6.07, 6.45) is 0. The molecule has 0 radical (unpaired) electrons. The molecule has 0 amide bonds. The Bertz CT molecular complexity index is 461. The Morgan fingerprint density at radius 2 is 2.13 bits per heavy atom. The van der Waals surface area contributed by atoms with Gasteiger partial charge in [-0.05, 0) is 15.9 Å². The first kappa shape index (κ1) is 10.6. The number of nitrogens with one attached hydrogen (secondary N) is 3. The number of hydrogen-bond acceptors (Lipinski definition) is 4. The van der Waals surface area contributed by atoms with Crippen molar-refractivity contribution < 1.29 is 4.74 Å². The van der Waals surface area contributed by atoms with Crippen LogP contribution in [0.3, 0.4) is 0 Å². The fourth-order valence-electron chi connectivity index (χ4n) is 1.48. The van der Waals surface area contributed by atoms with Gasteiger partial charge in [0.25, 0.3) is 5.56 Å². The number of hydrogen-bond donors (Lipinski definition) is 3. The Hall–Kier alpha value is -0.920. The normalized spacial score (nSPS) is 21.5. The van der Waals surface area contributed by atoms with Crippen molar-refractivity contribution in [2.24, 2.45) is 0 Å². The molecule has 1 atom stereocenters. The average molecular weight is 276 g/mol. The molecule has 82 valence electrons. The molecule has 1 fully saturated rings.